The number of nitrogens with zero attached hydrogens (tertiary/aromatic N) is 1. The van der Waals surface area contributed by atoms with Crippen molar-refractivity contribution in [1.29, 1.82) is 0 Å². The number of hydrogen-bond donors (Lipinski definition) is 2. The van der Waals surface area contributed by atoms with Gasteiger partial charge < -0.3 is 20.3 Å². The summed E-state index contributed by atoms with van der Waals surface area (Å²) in [6, 6.07) is 6.38. The van der Waals surface area contributed by atoms with Crippen LogP contribution in [-0.2, 0) is 4.79 Å². The van der Waals surface area contributed by atoms with Crippen molar-refractivity contribution >= 4 is 23.8 Å². The highest BCUT2D eigenvalue weighted by atomic mass is 16.2. The van der Waals surface area contributed by atoms with E-state index in [4.69, 9.17) is 0 Å². The van der Waals surface area contributed by atoms with Crippen LogP contribution in [0.3, 0.4) is 0 Å². The molecule has 0 radical (unpaired) electrons. The standard InChI is InChI=1S/C19H27N3O3/c1-22(2)16-10-8-15(9-11-16)18(24)17(14-6-4-3-5-7-14)21-19(25)20-12-13-23/h8-11,13-14,17H,3-7,12H2,1-2H3,(H2,20,21,25). The first-order valence-electron chi connectivity index (χ1n) is 8.82. The van der Waals surface area contributed by atoms with Gasteiger partial charge in [0.2, 0.25) is 0 Å². The molecule has 6 nitrogen and oxygen atoms in total. The first kappa shape index (κ1) is 19.0. The summed E-state index contributed by atoms with van der Waals surface area (Å²) in [6.45, 7) is -0.0606. The predicted molar refractivity (Wildman–Crippen MR) is 98.1 cm³/mol. The van der Waals surface area contributed by atoms with Crippen molar-refractivity contribution in [2.75, 3.05) is 25.5 Å². The number of hydrogen-bond acceptors (Lipinski definition) is 4. The Morgan fingerprint density at radius 2 is 1.80 bits per heavy atom. The summed E-state index contributed by atoms with van der Waals surface area (Å²) in [6.07, 6.45) is 5.81. The second-order valence-corrected chi connectivity index (χ2v) is 6.70. The van der Waals surface area contributed by atoms with Crippen molar-refractivity contribution in [3.63, 3.8) is 0 Å². The van der Waals surface area contributed by atoms with Crippen molar-refractivity contribution < 1.29 is 14.4 Å². The molecule has 1 saturated carbocycles. The zero-order chi connectivity index (χ0) is 18.2. The lowest BCUT2D eigenvalue weighted by Gasteiger charge is -2.30. The summed E-state index contributed by atoms with van der Waals surface area (Å²) in [4.78, 5) is 37.4. The van der Waals surface area contributed by atoms with Crippen molar-refractivity contribution in [3.8, 4) is 0 Å². The Morgan fingerprint density at radius 1 is 1.16 bits per heavy atom. The minimum absolute atomic E-state index is 0.0606. The van der Waals surface area contributed by atoms with Crippen LogP contribution in [0.5, 0.6) is 0 Å². The molecule has 2 rings (SSSR count). The SMILES string of the molecule is CN(C)c1ccc(C(=O)C(NC(=O)NCC=O)C2CCCCC2)cc1. The number of rotatable bonds is 7. The first-order chi connectivity index (χ1) is 12.0. The van der Waals surface area contributed by atoms with E-state index in [2.05, 4.69) is 10.6 Å². The van der Waals surface area contributed by atoms with Gasteiger partial charge in [0.05, 0.1) is 12.6 Å². The van der Waals surface area contributed by atoms with Gasteiger partial charge >= 0.3 is 6.03 Å². The highest BCUT2D eigenvalue weighted by molar-refractivity contribution is 6.02. The molecule has 0 spiro atoms. The smallest absolute Gasteiger partial charge is 0.315 e. The summed E-state index contributed by atoms with van der Waals surface area (Å²) >= 11 is 0. The molecule has 136 valence electrons. The highest BCUT2D eigenvalue weighted by Crippen LogP contribution is 2.28. The van der Waals surface area contributed by atoms with Crippen LogP contribution in [0.15, 0.2) is 24.3 Å². The van der Waals surface area contributed by atoms with Crippen LogP contribution < -0.4 is 15.5 Å². The molecule has 2 amide bonds. The number of amides is 2. The van der Waals surface area contributed by atoms with E-state index in [0.717, 1.165) is 31.4 Å². The van der Waals surface area contributed by atoms with Crippen LogP contribution in [0.2, 0.25) is 0 Å². The summed E-state index contributed by atoms with van der Waals surface area (Å²) in [5.41, 5.74) is 1.61. The molecule has 25 heavy (non-hydrogen) atoms. The highest BCUT2D eigenvalue weighted by Gasteiger charge is 2.31. The van der Waals surface area contributed by atoms with Gasteiger partial charge in [-0.1, -0.05) is 19.3 Å². The molecule has 2 N–H and O–H groups in total. The normalized spacial score (nSPS) is 15.9. The number of aldehydes is 1. The van der Waals surface area contributed by atoms with E-state index in [9.17, 15) is 14.4 Å². The molecular weight excluding hydrogens is 318 g/mol. The first-order valence-corrected chi connectivity index (χ1v) is 8.82. The second-order valence-electron chi connectivity index (χ2n) is 6.70. The van der Waals surface area contributed by atoms with Crippen molar-refractivity contribution in [3.05, 3.63) is 29.8 Å². The molecule has 6 heteroatoms. The number of nitrogens with one attached hydrogen (secondary N) is 2. The van der Waals surface area contributed by atoms with Crippen LogP contribution in [0, 0.1) is 5.92 Å². The third-order valence-corrected chi connectivity index (χ3v) is 4.70. The van der Waals surface area contributed by atoms with E-state index in [1.165, 1.54) is 6.42 Å². The van der Waals surface area contributed by atoms with E-state index in [1.807, 2.05) is 31.1 Å². The van der Waals surface area contributed by atoms with Gasteiger partial charge in [-0.3, -0.25) is 4.79 Å². The fourth-order valence-electron chi connectivity index (χ4n) is 3.30. The Kier molecular flexibility index (Phi) is 6.98. The minimum atomic E-state index is -0.558. The summed E-state index contributed by atoms with van der Waals surface area (Å²) < 4.78 is 0. The number of anilines is 1. The summed E-state index contributed by atoms with van der Waals surface area (Å²) in [7, 11) is 3.89. The molecule has 1 fully saturated rings. The van der Waals surface area contributed by atoms with Crippen LogP contribution in [0.4, 0.5) is 10.5 Å². The summed E-state index contributed by atoms with van der Waals surface area (Å²) in [5.74, 6) is 0.0650. The van der Waals surface area contributed by atoms with Crippen LogP contribution >= 0.6 is 0 Å². The number of urea groups is 1. The topological polar surface area (TPSA) is 78.5 Å². The molecule has 1 unspecified atom stereocenters. The van der Waals surface area contributed by atoms with Crippen LogP contribution in [0.25, 0.3) is 0 Å². The van der Waals surface area contributed by atoms with E-state index in [-0.39, 0.29) is 18.2 Å². The molecular formula is C19H27N3O3. The molecule has 1 aliphatic rings. The molecule has 1 aromatic carbocycles. The zero-order valence-corrected chi connectivity index (χ0v) is 15.0. The van der Waals surface area contributed by atoms with Gasteiger partial charge in [-0.2, -0.15) is 0 Å². The van der Waals surface area contributed by atoms with Crippen LogP contribution in [0.1, 0.15) is 42.5 Å². The zero-order valence-electron chi connectivity index (χ0n) is 15.0. The number of carbonyl (C=O) groups excluding carboxylic acids is 3. The monoisotopic (exact) mass is 345 g/mol. The number of Topliss-reactive ketones (excluding diaryl/α,β-unsaturated/α-hetero) is 1. The average molecular weight is 345 g/mol. The predicted octanol–water partition coefficient (Wildman–Crippen LogP) is 2.38. The maximum absolute atomic E-state index is 13.0. The molecule has 1 aromatic rings. The largest absolute Gasteiger partial charge is 0.378 e. The Morgan fingerprint density at radius 3 is 2.36 bits per heavy atom. The van der Waals surface area contributed by atoms with Crippen molar-refractivity contribution in [1.82, 2.24) is 10.6 Å². The van der Waals surface area contributed by atoms with Gasteiger partial charge in [0, 0.05) is 25.3 Å². The lowest BCUT2D eigenvalue weighted by Crippen LogP contribution is -2.50. The van der Waals surface area contributed by atoms with Crippen LogP contribution in [-0.4, -0.2) is 44.8 Å². The maximum atomic E-state index is 13.0. The minimum Gasteiger partial charge on any atom is -0.378 e. The van der Waals surface area contributed by atoms with E-state index in [1.54, 1.807) is 12.1 Å². The van der Waals surface area contributed by atoms with Gasteiger partial charge in [-0.25, -0.2) is 4.79 Å². The Hall–Kier alpha value is -2.37. The van der Waals surface area contributed by atoms with Gasteiger partial charge in [0.1, 0.15) is 6.29 Å². The molecule has 0 heterocycles. The molecule has 0 bridgehead atoms. The van der Waals surface area contributed by atoms with Crippen molar-refractivity contribution in [2.45, 2.75) is 38.1 Å². The van der Waals surface area contributed by atoms with Gasteiger partial charge in [0.25, 0.3) is 0 Å². The molecule has 0 aliphatic heterocycles. The van der Waals surface area contributed by atoms with Crippen molar-refractivity contribution in [2.24, 2.45) is 5.92 Å². The Labute approximate surface area is 149 Å². The third kappa shape index (κ3) is 5.31. The number of ketones is 1. The second kappa shape index (κ2) is 9.20. The van der Waals surface area contributed by atoms with E-state index >= 15 is 0 Å². The molecule has 0 saturated heterocycles. The molecule has 1 atom stereocenters. The number of benzene rings is 1. The summed E-state index contributed by atoms with van der Waals surface area (Å²) in [5, 5.41) is 5.24. The molecule has 0 aromatic heterocycles. The Bertz CT molecular complexity index is 592. The fraction of sp³-hybridized carbons (Fsp3) is 0.526. The van der Waals surface area contributed by atoms with Gasteiger partial charge in [0.15, 0.2) is 5.78 Å². The fourth-order valence-corrected chi connectivity index (χ4v) is 3.30. The Balaban J connectivity index is 2.15. The van der Waals surface area contributed by atoms with E-state index in [0.29, 0.717) is 11.8 Å². The quantitative estimate of drug-likeness (QED) is 0.587. The van der Waals surface area contributed by atoms with E-state index < -0.39 is 12.1 Å². The maximum Gasteiger partial charge on any atom is 0.315 e. The number of carbonyl (C=O) groups is 3. The van der Waals surface area contributed by atoms with Gasteiger partial charge in [-0.15, -0.1) is 0 Å². The third-order valence-electron chi connectivity index (χ3n) is 4.70. The van der Waals surface area contributed by atoms with Gasteiger partial charge in [-0.05, 0) is 43.0 Å². The molecule has 1 aliphatic carbocycles. The average Bonchev–Trinajstić information content (AvgIpc) is 2.64. The lowest BCUT2D eigenvalue weighted by atomic mass is 9.81. The lowest BCUT2D eigenvalue weighted by molar-refractivity contribution is -0.107.